The van der Waals surface area contributed by atoms with Gasteiger partial charge in [-0.05, 0) is 37.8 Å². The van der Waals surface area contributed by atoms with E-state index >= 15 is 0 Å². The molecule has 2 aliphatic rings. The van der Waals surface area contributed by atoms with E-state index in [0.29, 0.717) is 6.54 Å². The molecule has 1 aliphatic heterocycles. The molecule has 1 aromatic rings. The first-order chi connectivity index (χ1) is 10.1. The molecule has 0 spiro atoms. The zero-order valence-electron chi connectivity index (χ0n) is 12.1. The van der Waals surface area contributed by atoms with Crippen LogP contribution in [0.3, 0.4) is 0 Å². The predicted molar refractivity (Wildman–Crippen MR) is 79.1 cm³/mol. The van der Waals surface area contributed by atoms with Crippen LogP contribution in [-0.2, 0) is 10.0 Å². The van der Waals surface area contributed by atoms with E-state index in [9.17, 15) is 13.5 Å². The molecule has 3 rings (SSSR count). The van der Waals surface area contributed by atoms with Gasteiger partial charge in [0.1, 0.15) is 4.90 Å². The smallest absolute Gasteiger partial charge is 0.244 e. The lowest BCUT2D eigenvalue weighted by Gasteiger charge is -2.36. The van der Waals surface area contributed by atoms with E-state index in [0.717, 1.165) is 38.5 Å². The molecular formula is C15H22N2O3S. The van der Waals surface area contributed by atoms with Crippen LogP contribution in [0.2, 0.25) is 0 Å². The molecule has 1 saturated heterocycles. The molecule has 2 heterocycles. The van der Waals surface area contributed by atoms with Crippen molar-refractivity contribution in [1.82, 2.24) is 9.29 Å². The highest BCUT2D eigenvalue weighted by Crippen LogP contribution is 2.37. The topological polar surface area (TPSA) is 70.5 Å². The number of hydrogen-bond donors (Lipinski definition) is 1. The number of nitrogens with zero attached hydrogens (tertiary/aromatic N) is 2. The van der Waals surface area contributed by atoms with E-state index in [1.54, 1.807) is 22.6 Å². The molecule has 21 heavy (non-hydrogen) atoms. The normalized spacial score (nSPS) is 31.4. The Labute approximate surface area is 126 Å². The molecule has 5 nitrogen and oxygen atoms in total. The van der Waals surface area contributed by atoms with Crippen molar-refractivity contribution in [2.45, 2.75) is 55.6 Å². The highest BCUT2D eigenvalue weighted by Gasteiger charge is 2.42. The van der Waals surface area contributed by atoms with Crippen molar-refractivity contribution in [1.29, 1.82) is 0 Å². The molecule has 0 aromatic carbocycles. The van der Waals surface area contributed by atoms with Crippen molar-refractivity contribution in [3.05, 3.63) is 24.5 Å². The largest absolute Gasteiger partial charge is 0.393 e. The third kappa shape index (κ3) is 2.84. The summed E-state index contributed by atoms with van der Waals surface area (Å²) in [5.41, 5.74) is 0. The van der Waals surface area contributed by atoms with E-state index in [4.69, 9.17) is 0 Å². The summed E-state index contributed by atoms with van der Waals surface area (Å²) in [7, 11) is -3.50. The zero-order chi connectivity index (χ0) is 14.9. The van der Waals surface area contributed by atoms with Gasteiger partial charge in [-0.3, -0.25) is 4.98 Å². The third-order valence-corrected chi connectivity index (χ3v) is 6.67. The lowest BCUT2D eigenvalue weighted by atomic mass is 9.81. The maximum atomic E-state index is 12.8. The van der Waals surface area contributed by atoms with E-state index in [1.165, 1.54) is 6.20 Å². The van der Waals surface area contributed by atoms with Crippen LogP contribution < -0.4 is 0 Å². The second kappa shape index (κ2) is 6.02. The molecular weight excluding hydrogens is 288 g/mol. The molecule has 0 bridgehead atoms. The summed E-state index contributed by atoms with van der Waals surface area (Å²) >= 11 is 0. The minimum Gasteiger partial charge on any atom is -0.393 e. The molecule has 6 heteroatoms. The van der Waals surface area contributed by atoms with Crippen LogP contribution in [0.1, 0.15) is 38.5 Å². The van der Waals surface area contributed by atoms with Crippen LogP contribution in [-0.4, -0.2) is 41.5 Å². The van der Waals surface area contributed by atoms with Crippen LogP contribution in [0.4, 0.5) is 0 Å². The molecule has 1 N–H and O–H groups in total. The molecule has 3 unspecified atom stereocenters. The summed E-state index contributed by atoms with van der Waals surface area (Å²) < 4.78 is 27.2. The van der Waals surface area contributed by atoms with Crippen LogP contribution in [0.5, 0.6) is 0 Å². The number of aromatic nitrogens is 1. The summed E-state index contributed by atoms with van der Waals surface area (Å²) in [4.78, 5) is 4.17. The average Bonchev–Trinajstić information content (AvgIpc) is 2.99. The Morgan fingerprint density at radius 2 is 2.00 bits per heavy atom. The molecule has 1 aromatic heterocycles. The predicted octanol–water partition coefficient (Wildman–Crippen LogP) is 1.79. The standard InChI is InChI=1S/C15H22N2O3S/c18-15-8-2-1-6-13(15)14-7-4-10-17(14)21(19,20)12-5-3-9-16-11-12/h3,5,9,11,13-15,18H,1-2,4,6-8,10H2. The van der Waals surface area contributed by atoms with Crippen LogP contribution >= 0.6 is 0 Å². The molecule has 0 radical (unpaired) electrons. The van der Waals surface area contributed by atoms with Gasteiger partial charge in [0.05, 0.1) is 6.10 Å². The number of pyridine rings is 1. The molecule has 1 aliphatic carbocycles. The number of sulfonamides is 1. The van der Waals surface area contributed by atoms with E-state index in [2.05, 4.69) is 4.98 Å². The Bertz CT molecular complexity index is 576. The van der Waals surface area contributed by atoms with Gasteiger partial charge in [0.2, 0.25) is 10.0 Å². The van der Waals surface area contributed by atoms with Gasteiger partial charge in [-0.25, -0.2) is 8.42 Å². The maximum absolute atomic E-state index is 12.8. The Kier molecular flexibility index (Phi) is 4.28. The van der Waals surface area contributed by atoms with Crippen molar-refractivity contribution in [2.75, 3.05) is 6.54 Å². The Morgan fingerprint density at radius 1 is 1.19 bits per heavy atom. The van der Waals surface area contributed by atoms with E-state index < -0.39 is 10.0 Å². The monoisotopic (exact) mass is 310 g/mol. The first-order valence-corrected chi connectivity index (χ1v) is 9.14. The first kappa shape index (κ1) is 14.9. The van der Waals surface area contributed by atoms with Gasteiger partial charge in [0.15, 0.2) is 0 Å². The lowest BCUT2D eigenvalue weighted by Crippen LogP contribution is -2.45. The fourth-order valence-corrected chi connectivity index (χ4v) is 5.42. The van der Waals surface area contributed by atoms with Gasteiger partial charge in [-0.1, -0.05) is 12.8 Å². The number of rotatable bonds is 3. The number of aliphatic hydroxyl groups is 1. The van der Waals surface area contributed by atoms with Crippen molar-refractivity contribution in [3.63, 3.8) is 0 Å². The quantitative estimate of drug-likeness (QED) is 0.924. The molecule has 0 amide bonds. The van der Waals surface area contributed by atoms with Gasteiger partial charge in [0.25, 0.3) is 0 Å². The van der Waals surface area contributed by atoms with Gasteiger partial charge in [-0.15, -0.1) is 0 Å². The highest BCUT2D eigenvalue weighted by atomic mass is 32.2. The van der Waals surface area contributed by atoms with Crippen molar-refractivity contribution >= 4 is 10.0 Å². The first-order valence-electron chi connectivity index (χ1n) is 7.70. The average molecular weight is 310 g/mol. The second-order valence-electron chi connectivity index (χ2n) is 6.03. The van der Waals surface area contributed by atoms with Gasteiger partial charge < -0.3 is 5.11 Å². The van der Waals surface area contributed by atoms with Crippen LogP contribution in [0, 0.1) is 5.92 Å². The fraction of sp³-hybridized carbons (Fsp3) is 0.667. The Morgan fingerprint density at radius 3 is 2.71 bits per heavy atom. The summed E-state index contributed by atoms with van der Waals surface area (Å²) in [6.45, 7) is 0.547. The van der Waals surface area contributed by atoms with Crippen molar-refractivity contribution in [2.24, 2.45) is 5.92 Å². The fourth-order valence-electron chi connectivity index (χ4n) is 3.72. The number of hydrogen-bond acceptors (Lipinski definition) is 4. The summed E-state index contributed by atoms with van der Waals surface area (Å²) in [5.74, 6) is 0.0766. The Balaban J connectivity index is 1.87. The molecule has 116 valence electrons. The molecule has 2 fully saturated rings. The van der Waals surface area contributed by atoms with Crippen LogP contribution in [0.25, 0.3) is 0 Å². The SMILES string of the molecule is O=S(=O)(c1cccnc1)N1CCCC1C1CCCCC1O. The maximum Gasteiger partial charge on any atom is 0.244 e. The van der Waals surface area contributed by atoms with Crippen LogP contribution in [0.15, 0.2) is 29.4 Å². The zero-order valence-corrected chi connectivity index (χ0v) is 12.9. The summed E-state index contributed by atoms with van der Waals surface area (Å²) in [6.07, 6.45) is 8.17. The minimum absolute atomic E-state index is 0.0643. The summed E-state index contributed by atoms with van der Waals surface area (Å²) in [6, 6.07) is 3.17. The molecule has 1 saturated carbocycles. The minimum atomic E-state index is -3.50. The van der Waals surface area contributed by atoms with Gasteiger partial charge >= 0.3 is 0 Å². The van der Waals surface area contributed by atoms with Gasteiger partial charge in [0, 0.05) is 30.9 Å². The third-order valence-electron chi connectivity index (χ3n) is 4.77. The highest BCUT2D eigenvalue weighted by molar-refractivity contribution is 7.89. The van der Waals surface area contributed by atoms with E-state index in [-0.39, 0.29) is 23.0 Å². The second-order valence-corrected chi connectivity index (χ2v) is 7.92. The lowest BCUT2D eigenvalue weighted by molar-refractivity contribution is 0.0386. The van der Waals surface area contributed by atoms with E-state index in [1.807, 2.05) is 0 Å². The van der Waals surface area contributed by atoms with Gasteiger partial charge in [-0.2, -0.15) is 4.31 Å². The molecule has 3 atom stereocenters. The Hall–Kier alpha value is -0.980. The summed E-state index contributed by atoms with van der Waals surface area (Å²) in [5, 5.41) is 10.2. The van der Waals surface area contributed by atoms with Crippen molar-refractivity contribution in [3.8, 4) is 0 Å². The number of aliphatic hydroxyl groups excluding tert-OH is 1. The van der Waals surface area contributed by atoms with Crippen molar-refractivity contribution < 1.29 is 13.5 Å².